The Morgan fingerprint density at radius 1 is 1.12 bits per heavy atom. The Bertz CT molecular complexity index is 1320. The normalized spacial score (nSPS) is 26.8. The largest absolute Gasteiger partial charge is 0.417 e. The van der Waals surface area contributed by atoms with Crippen LogP contribution in [0.4, 0.5) is 27.6 Å². The van der Waals surface area contributed by atoms with Crippen molar-refractivity contribution in [1.82, 2.24) is 5.32 Å². The quantitative estimate of drug-likeness (QED) is 0.198. The number of anilines is 1. The van der Waals surface area contributed by atoms with Gasteiger partial charge in [-0.25, -0.2) is 8.78 Å². The van der Waals surface area contributed by atoms with Crippen molar-refractivity contribution in [1.29, 1.82) is 0 Å². The molecule has 0 aromatic heterocycles. The molecule has 1 saturated heterocycles. The van der Waals surface area contributed by atoms with Crippen LogP contribution >= 0.6 is 11.9 Å². The van der Waals surface area contributed by atoms with E-state index >= 15 is 4.39 Å². The number of allylic oxidation sites excluding steroid dienone is 3. The highest BCUT2D eigenvalue weighted by atomic mass is 32.2. The minimum Gasteiger partial charge on any atom is -0.394 e. The van der Waals surface area contributed by atoms with Gasteiger partial charge >= 0.3 is 6.18 Å². The van der Waals surface area contributed by atoms with Gasteiger partial charge in [0.15, 0.2) is 0 Å². The standard InChI is InChI=1S/C31H35F5N2OS/c1-30(39)9-11-38(40-12-10-30)22-7-8-23(29(33)16-22)25-14-20(28(32)17-27(25)31(34,35)36)6-4-3-5-19-13-21-15-24(21)26(19)18-37-2/h5,7-8,14,16-18,21,24,37,39H,3-4,6,9-13,15H2,1-2H3/b19-5-,26-18?/t21-,24+,30?/m0/s1. The maximum absolute atomic E-state index is 15.4. The van der Waals surface area contributed by atoms with E-state index in [-0.39, 0.29) is 23.1 Å². The van der Waals surface area contributed by atoms with Gasteiger partial charge in [-0.3, -0.25) is 0 Å². The van der Waals surface area contributed by atoms with Crippen molar-refractivity contribution in [3.05, 3.63) is 76.5 Å². The molecule has 2 aromatic carbocycles. The Kier molecular flexibility index (Phi) is 8.26. The Balaban J connectivity index is 1.36. The summed E-state index contributed by atoms with van der Waals surface area (Å²) in [5.74, 6) is 0.260. The van der Waals surface area contributed by atoms with Crippen LogP contribution in [0.25, 0.3) is 11.1 Å². The third-order valence-corrected chi connectivity index (χ3v) is 9.37. The summed E-state index contributed by atoms with van der Waals surface area (Å²) in [6.07, 6.45) is 4.24. The first kappa shape index (κ1) is 29.0. The fourth-order valence-electron chi connectivity index (χ4n) is 5.87. The molecule has 1 unspecified atom stereocenters. The highest BCUT2D eigenvalue weighted by Crippen LogP contribution is 2.57. The van der Waals surface area contributed by atoms with Gasteiger partial charge in [-0.1, -0.05) is 6.08 Å². The summed E-state index contributed by atoms with van der Waals surface area (Å²) in [5.41, 5.74) is 0.739. The fourth-order valence-corrected chi connectivity index (χ4v) is 7.11. The Morgan fingerprint density at radius 3 is 2.65 bits per heavy atom. The summed E-state index contributed by atoms with van der Waals surface area (Å²) in [5, 5.41) is 13.4. The first-order valence-corrected chi connectivity index (χ1v) is 14.8. The number of aryl methyl sites for hydroxylation is 1. The second kappa shape index (κ2) is 11.4. The molecule has 9 heteroatoms. The number of aliphatic hydroxyl groups is 1. The highest BCUT2D eigenvalue weighted by Gasteiger charge is 2.47. The highest BCUT2D eigenvalue weighted by molar-refractivity contribution is 8.00. The molecule has 2 N–H and O–H groups in total. The maximum Gasteiger partial charge on any atom is 0.417 e. The molecule has 2 aromatic rings. The van der Waals surface area contributed by atoms with Gasteiger partial charge in [0.1, 0.15) is 11.6 Å². The molecule has 5 rings (SSSR count). The van der Waals surface area contributed by atoms with E-state index in [4.69, 9.17) is 0 Å². The van der Waals surface area contributed by atoms with Crippen LogP contribution in [0.1, 0.15) is 56.6 Å². The Labute approximate surface area is 236 Å². The van der Waals surface area contributed by atoms with Crippen LogP contribution in [0.2, 0.25) is 0 Å². The number of unbranched alkanes of at least 4 members (excludes halogenated alkanes) is 1. The second-order valence-corrected chi connectivity index (χ2v) is 12.5. The fraction of sp³-hybridized carbons (Fsp3) is 0.484. The zero-order chi connectivity index (χ0) is 28.7. The Morgan fingerprint density at radius 2 is 1.93 bits per heavy atom. The lowest BCUT2D eigenvalue weighted by atomic mass is 9.93. The first-order chi connectivity index (χ1) is 19.0. The van der Waals surface area contributed by atoms with Gasteiger partial charge < -0.3 is 14.7 Å². The van der Waals surface area contributed by atoms with Crippen molar-refractivity contribution < 1.29 is 27.1 Å². The van der Waals surface area contributed by atoms with Crippen molar-refractivity contribution in [3.8, 4) is 11.1 Å². The van der Waals surface area contributed by atoms with Crippen molar-refractivity contribution >= 4 is 17.6 Å². The number of nitrogens with one attached hydrogen (secondary N) is 1. The zero-order valence-corrected chi connectivity index (χ0v) is 23.6. The van der Waals surface area contributed by atoms with Crippen molar-refractivity contribution in [2.45, 2.75) is 63.6 Å². The van der Waals surface area contributed by atoms with E-state index in [9.17, 15) is 22.7 Å². The monoisotopic (exact) mass is 578 g/mol. The van der Waals surface area contributed by atoms with Gasteiger partial charge in [-0.2, -0.15) is 13.2 Å². The molecular formula is C31H35F5N2OS. The topological polar surface area (TPSA) is 35.5 Å². The molecule has 2 aliphatic carbocycles. The lowest BCUT2D eigenvalue weighted by Crippen LogP contribution is -2.26. The number of benzene rings is 2. The molecule has 3 nitrogen and oxygen atoms in total. The van der Waals surface area contributed by atoms with Crippen LogP contribution in [0, 0.1) is 23.5 Å². The third kappa shape index (κ3) is 6.35. The molecule has 1 aliphatic heterocycles. The molecule has 3 fully saturated rings. The van der Waals surface area contributed by atoms with Gasteiger partial charge in [0, 0.05) is 30.6 Å². The van der Waals surface area contributed by atoms with Gasteiger partial charge in [0.25, 0.3) is 0 Å². The van der Waals surface area contributed by atoms with Crippen molar-refractivity contribution in [2.24, 2.45) is 11.8 Å². The maximum atomic E-state index is 15.4. The van der Waals surface area contributed by atoms with Crippen LogP contribution in [-0.4, -0.2) is 30.1 Å². The molecule has 3 aliphatic rings. The number of fused-ring (bicyclic) bond motifs is 1. The number of alkyl halides is 3. The van der Waals surface area contributed by atoms with Gasteiger partial charge in [-0.15, -0.1) is 0 Å². The molecule has 216 valence electrons. The molecule has 1 heterocycles. The molecule has 0 radical (unpaired) electrons. The summed E-state index contributed by atoms with van der Waals surface area (Å²) >= 11 is 1.45. The van der Waals surface area contributed by atoms with E-state index in [1.54, 1.807) is 13.0 Å². The predicted octanol–water partition coefficient (Wildman–Crippen LogP) is 8.04. The summed E-state index contributed by atoms with van der Waals surface area (Å²) in [6, 6.07) is 5.81. The zero-order valence-electron chi connectivity index (χ0n) is 22.8. The Hall–Kier alpha value is -2.52. The van der Waals surface area contributed by atoms with Gasteiger partial charge in [0.2, 0.25) is 0 Å². The minimum absolute atomic E-state index is 0.149. The number of hydrogen-bond donors (Lipinski definition) is 2. The lowest BCUT2D eigenvalue weighted by Gasteiger charge is -2.23. The summed E-state index contributed by atoms with van der Waals surface area (Å²) in [6.45, 7) is 2.24. The number of hydrogen-bond acceptors (Lipinski definition) is 4. The smallest absolute Gasteiger partial charge is 0.394 e. The molecule has 3 atom stereocenters. The predicted molar refractivity (Wildman–Crippen MR) is 151 cm³/mol. The van der Waals surface area contributed by atoms with Crippen molar-refractivity contribution in [2.75, 3.05) is 23.7 Å². The minimum atomic E-state index is -4.84. The van der Waals surface area contributed by atoms with Gasteiger partial charge in [0.05, 0.1) is 11.2 Å². The van der Waals surface area contributed by atoms with Gasteiger partial charge in [-0.05, 0) is 134 Å². The van der Waals surface area contributed by atoms with Crippen LogP contribution in [-0.2, 0) is 12.6 Å². The second-order valence-electron chi connectivity index (χ2n) is 11.4. The van der Waals surface area contributed by atoms with E-state index < -0.39 is 29.0 Å². The van der Waals surface area contributed by atoms with E-state index in [1.807, 2.05) is 17.6 Å². The number of nitrogens with zero attached hydrogens (tertiary/aromatic N) is 1. The molecule has 0 spiro atoms. The third-order valence-electron chi connectivity index (χ3n) is 8.28. The number of rotatable bonds is 7. The first-order valence-electron chi connectivity index (χ1n) is 13.9. The van der Waals surface area contributed by atoms with Crippen LogP contribution in [0.5, 0.6) is 0 Å². The van der Waals surface area contributed by atoms with Crippen LogP contribution in [0.15, 0.2) is 53.8 Å². The molecular weight excluding hydrogens is 543 g/mol. The average Bonchev–Trinajstić information content (AvgIpc) is 3.61. The summed E-state index contributed by atoms with van der Waals surface area (Å²) in [4.78, 5) is 0. The van der Waals surface area contributed by atoms with E-state index in [2.05, 4.69) is 11.4 Å². The van der Waals surface area contributed by atoms with Crippen LogP contribution in [0.3, 0.4) is 0 Å². The molecule has 0 bridgehead atoms. The summed E-state index contributed by atoms with van der Waals surface area (Å²) < 4.78 is 73.9. The van der Waals surface area contributed by atoms with E-state index in [0.717, 1.165) is 12.3 Å². The number of halogens is 5. The molecule has 40 heavy (non-hydrogen) atoms. The molecule has 0 amide bonds. The SMILES string of the molecule is CNC=C1/C(=C\CCCc2cc(-c3ccc(N4CCC(C)(O)CCS4)cc3F)c(C(F)(F)F)cc2F)C[C@H]2C[C@@H]12. The van der Waals surface area contributed by atoms with Crippen molar-refractivity contribution in [3.63, 3.8) is 0 Å². The van der Waals surface area contributed by atoms with E-state index in [0.29, 0.717) is 55.7 Å². The summed E-state index contributed by atoms with van der Waals surface area (Å²) in [7, 11) is 1.88. The lowest BCUT2D eigenvalue weighted by molar-refractivity contribution is -0.137. The van der Waals surface area contributed by atoms with E-state index in [1.165, 1.54) is 47.7 Å². The average molecular weight is 579 g/mol. The molecule has 2 saturated carbocycles. The van der Waals surface area contributed by atoms with Crippen LogP contribution < -0.4 is 9.62 Å².